The molecule has 0 fully saturated rings. The van der Waals surface area contributed by atoms with E-state index >= 15 is 0 Å². The highest BCUT2D eigenvalue weighted by molar-refractivity contribution is 6.23. The van der Waals surface area contributed by atoms with Crippen LogP contribution in [0.1, 0.15) is 18.6 Å². The van der Waals surface area contributed by atoms with Crippen LogP contribution < -0.4 is 11.2 Å². The van der Waals surface area contributed by atoms with Crippen LogP contribution in [-0.2, 0) is 6.54 Å². The minimum atomic E-state index is -0.551. The second kappa shape index (κ2) is 6.65. The SMILES string of the molecule is CC(O)c1ccc2c(ccc3c2c2cccc4c(=O)n(CCN(C)C)c(=O)n3c42)c1. The maximum Gasteiger partial charge on any atom is 0.336 e. The highest BCUT2D eigenvalue weighted by atomic mass is 16.3. The molecule has 1 N–H and O–H groups in total. The van der Waals surface area contributed by atoms with Crippen molar-refractivity contribution >= 4 is 38.0 Å². The fourth-order valence-electron chi connectivity index (χ4n) is 4.39. The van der Waals surface area contributed by atoms with Crippen molar-refractivity contribution < 1.29 is 5.11 Å². The number of fused-ring (bicyclic) bond motifs is 5. The summed E-state index contributed by atoms with van der Waals surface area (Å²) in [6.07, 6.45) is -0.551. The maximum atomic E-state index is 13.4. The van der Waals surface area contributed by atoms with Gasteiger partial charge < -0.3 is 10.0 Å². The van der Waals surface area contributed by atoms with E-state index in [-0.39, 0.29) is 11.2 Å². The van der Waals surface area contributed by atoms with E-state index < -0.39 is 6.10 Å². The lowest BCUT2D eigenvalue weighted by Crippen LogP contribution is -2.39. The summed E-state index contributed by atoms with van der Waals surface area (Å²) in [5.41, 5.74) is 1.76. The third-order valence-electron chi connectivity index (χ3n) is 5.94. The summed E-state index contributed by atoms with van der Waals surface area (Å²) in [4.78, 5) is 28.5. The minimum absolute atomic E-state index is 0.247. The molecule has 0 amide bonds. The van der Waals surface area contributed by atoms with E-state index in [9.17, 15) is 14.7 Å². The molecule has 6 heteroatoms. The molecule has 0 saturated heterocycles. The van der Waals surface area contributed by atoms with Crippen molar-refractivity contribution in [3.63, 3.8) is 0 Å². The molecule has 2 heterocycles. The number of aliphatic hydroxyl groups excluding tert-OH is 1. The Bertz CT molecular complexity index is 1540. The molecule has 152 valence electrons. The summed E-state index contributed by atoms with van der Waals surface area (Å²) < 4.78 is 3.01. The number of nitrogens with zero attached hydrogens (tertiary/aromatic N) is 3. The first-order chi connectivity index (χ1) is 14.4. The van der Waals surface area contributed by atoms with E-state index in [0.29, 0.717) is 24.0 Å². The molecule has 5 aromatic rings. The zero-order chi connectivity index (χ0) is 21.2. The van der Waals surface area contributed by atoms with Crippen LogP contribution in [0.15, 0.2) is 58.1 Å². The normalized spacial score (nSPS) is 13.4. The molecule has 0 bridgehead atoms. The second-order valence-electron chi connectivity index (χ2n) is 8.20. The van der Waals surface area contributed by atoms with Crippen LogP contribution in [0.5, 0.6) is 0 Å². The van der Waals surface area contributed by atoms with Crippen LogP contribution in [0.3, 0.4) is 0 Å². The topological polar surface area (TPSA) is 67.0 Å². The molecular formula is C24H23N3O3. The smallest absolute Gasteiger partial charge is 0.336 e. The fraction of sp³-hybridized carbons (Fsp3) is 0.250. The summed E-state index contributed by atoms with van der Waals surface area (Å²) >= 11 is 0. The Morgan fingerprint density at radius 2 is 1.77 bits per heavy atom. The number of rotatable bonds is 4. The number of benzene rings is 3. The number of aliphatic hydroxyl groups is 1. The largest absolute Gasteiger partial charge is 0.389 e. The van der Waals surface area contributed by atoms with Crippen LogP contribution in [0.4, 0.5) is 0 Å². The first-order valence-corrected chi connectivity index (χ1v) is 10.1. The van der Waals surface area contributed by atoms with Gasteiger partial charge in [0.1, 0.15) is 0 Å². The highest BCUT2D eigenvalue weighted by Crippen LogP contribution is 2.35. The molecule has 0 spiro atoms. The van der Waals surface area contributed by atoms with Gasteiger partial charge in [-0.2, -0.15) is 0 Å². The van der Waals surface area contributed by atoms with E-state index in [0.717, 1.165) is 32.6 Å². The van der Waals surface area contributed by atoms with Gasteiger partial charge in [-0.3, -0.25) is 13.8 Å². The average Bonchev–Trinajstić information content (AvgIpc) is 3.07. The fourth-order valence-corrected chi connectivity index (χ4v) is 4.39. The van der Waals surface area contributed by atoms with Gasteiger partial charge in [0.2, 0.25) is 0 Å². The Morgan fingerprint density at radius 3 is 2.50 bits per heavy atom. The van der Waals surface area contributed by atoms with Gasteiger partial charge in [0.05, 0.1) is 22.5 Å². The number of hydrogen-bond acceptors (Lipinski definition) is 4. The Balaban J connectivity index is 1.95. The highest BCUT2D eigenvalue weighted by Gasteiger charge is 2.20. The molecule has 2 aromatic heterocycles. The van der Waals surface area contributed by atoms with Gasteiger partial charge in [-0.25, -0.2) is 4.79 Å². The molecule has 1 unspecified atom stereocenters. The zero-order valence-electron chi connectivity index (χ0n) is 17.2. The minimum Gasteiger partial charge on any atom is -0.389 e. The lowest BCUT2D eigenvalue weighted by molar-refractivity contribution is 0.199. The monoisotopic (exact) mass is 401 g/mol. The van der Waals surface area contributed by atoms with Crippen molar-refractivity contribution in [1.29, 1.82) is 0 Å². The molecular weight excluding hydrogens is 378 g/mol. The summed E-state index contributed by atoms with van der Waals surface area (Å²) in [6.45, 7) is 2.69. The molecule has 6 nitrogen and oxygen atoms in total. The Labute approximate surface area is 172 Å². The lowest BCUT2D eigenvalue weighted by atomic mass is 10.00. The van der Waals surface area contributed by atoms with E-state index in [2.05, 4.69) is 0 Å². The summed E-state index contributed by atoms with van der Waals surface area (Å²) in [5.74, 6) is 0. The van der Waals surface area contributed by atoms with Crippen molar-refractivity contribution in [2.45, 2.75) is 19.6 Å². The number of para-hydroxylation sites is 1. The van der Waals surface area contributed by atoms with Crippen molar-refractivity contribution in [3.05, 3.63) is 74.9 Å². The van der Waals surface area contributed by atoms with Crippen molar-refractivity contribution in [2.24, 2.45) is 0 Å². The molecule has 30 heavy (non-hydrogen) atoms. The van der Waals surface area contributed by atoms with Crippen LogP contribution in [0.25, 0.3) is 38.0 Å². The molecule has 0 aliphatic rings. The van der Waals surface area contributed by atoms with Gasteiger partial charge in [-0.1, -0.05) is 30.3 Å². The predicted molar refractivity (Wildman–Crippen MR) is 121 cm³/mol. The van der Waals surface area contributed by atoms with Crippen molar-refractivity contribution in [3.8, 4) is 0 Å². The Hall–Kier alpha value is -3.22. The lowest BCUT2D eigenvalue weighted by Gasteiger charge is -2.12. The quantitative estimate of drug-likeness (QED) is 0.503. The molecule has 1 atom stereocenters. The maximum absolute atomic E-state index is 13.4. The van der Waals surface area contributed by atoms with E-state index in [1.165, 1.54) is 4.57 Å². The van der Waals surface area contributed by atoms with Gasteiger partial charge in [0.15, 0.2) is 0 Å². The summed E-state index contributed by atoms with van der Waals surface area (Å²) in [5, 5.41) is 14.3. The molecule has 0 radical (unpaired) electrons. The second-order valence-corrected chi connectivity index (χ2v) is 8.20. The van der Waals surface area contributed by atoms with Crippen LogP contribution >= 0.6 is 0 Å². The van der Waals surface area contributed by atoms with E-state index in [1.807, 2.05) is 61.5 Å². The summed E-state index contributed by atoms with van der Waals surface area (Å²) in [7, 11) is 3.84. The first-order valence-electron chi connectivity index (χ1n) is 10.1. The van der Waals surface area contributed by atoms with E-state index in [4.69, 9.17) is 0 Å². The van der Waals surface area contributed by atoms with Gasteiger partial charge in [0, 0.05) is 23.9 Å². The van der Waals surface area contributed by atoms with Crippen LogP contribution in [0.2, 0.25) is 0 Å². The molecule has 0 saturated carbocycles. The van der Waals surface area contributed by atoms with Gasteiger partial charge in [0.25, 0.3) is 5.56 Å². The third-order valence-corrected chi connectivity index (χ3v) is 5.94. The predicted octanol–water partition coefficient (Wildman–Crippen LogP) is 2.97. The van der Waals surface area contributed by atoms with Gasteiger partial charge in [-0.05, 0) is 55.6 Å². The average molecular weight is 401 g/mol. The van der Waals surface area contributed by atoms with Crippen LogP contribution in [0, 0.1) is 0 Å². The Morgan fingerprint density at radius 1 is 1.00 bits per heavy atom. The number of hydrogen-bond donors (Lipinski definition) is 1. The van der Waals surface area contributed by atoms with Crippen LogP contribution in [-0.4, -0.2) is 39.6 Å². The Kier molecular flexibility index (Phi) is 4.17. The van der Waals surface area contributed by atoms with Gasteiger partial charge in [-0.15, -0.1) is 0 Å². The van der Waals surface area contributed by atoms with E-state index in [1.54, 1.807) is 17.4 Å². The van der Waals surface area contributed by atoms with Gasteiger partial charge >= 0.3 is 5.69 Å². The molecule has 0 aliphatic heterocycles. The standard InChI is InChI=1S/C24H23N3O3/c1-14(28)15-7-9-17-16(13-15)8-10-20-21(17)18-5-4-6-19-22(18)27(20)24(30)26(23(19)29)12-11-25(2)3/h4-10,13-14,28H,11-12H2,1-3H3. The number of likely N-dealkylation sites (N-methyl/N-ethyl adjacent to an activating group) is 1. The van der Waals surface area contributed by atoms with Crippen molar-refractivity contribution in [2.75, 3.05) is 20.6 Å². The third kappa shape index (κ3) is 2.57. The number of aromatic nitrogens is 2. The molecule has 3 aromatic carbocycles. The zero-order valence-corrected chi connectivity index (χ0v) is 17.2. The van der Waals surface area contributed by atoms with Crippen molar-refractivity contribution in [1.82, 2.24) is 13.9 Å². The first kappa shape index (κ1) is 18.8. The summed E-state index contributed by atoms with van der Waals surface area (Å²) in [6, 6.07) is 15.4. The molecule has 0 aliphatic carbocycles. The molecule has 5 rings (SSSR count).